The van der Waals surface area contributed by atoms with E-state index in [-0.39, 0.29) is 6.04 Å². The number of anilines is 1. The monoisotopic (exact) mass is 322 g/mol. The number of fused-ring (bicyclic) bond motifs is 1. The molecule has 124 valence electrons. The van der Waals surface area contributed by atoms with Crippen molar-refractivity contribution in [2.24, 2.45) is 10.9 Å². The molecule has 1 fully saturated rings. The van der Waals surface area contributed by atoms with Crippen molar-refractivity contribution in [3.8, 4) is 6.07 Å². The Kier molecular flexibility index (Phi) is 3.85. The number of aromatic nitrogens is 3. The van der Waals surface area contributed by atoms with Crippen molar-refractivity contribution < 1.29 is 0 Å². The normalized spacial score (nSPS) is 19.0. The van der Waals surface area contributed by atoms with Crippen molar-refractivity contribution in [2.45, 2.75) is 38.1 Å². The summed E-state index contributed by atoms with van der Waals surface area (Å²) in [4.78, 5) is 10.1. The average Bonchev–Trinajstić information content (AvgIpc) is 3.33. The zero-order valence-electron chi connectivity index (χ0n) is 13.9. The largest absolute Gasteiger partial charge is 0.348 e. The van der Waals surface area contributed by atoms with E-state index in [1.54, 1.807) is 0 Å². The summed E-state index contributed by atoms with van der Waals surface area (Å²) >= 11 is 0. The number of aromatic amines is 1. The van der Waals surface area contributed by atoms with Crippen LogP contribution < -0.4 is 4.90 Å². The van der Waals surface area contributed by atoms with E-state index in [1.165, 1.54) is 25.7 Å². The minimum absolute atomic E-state index is 0.184. The average molecular weight is 322 g/mol. The van der Waals surface area contributed by atoms with Crippen LogP contribution in [0.15, 0.2) is 29.6 Å². The Labute approximate surface area is 141 Å². The van der Waals surface area contributed by atoms with E-state index in [9.17, 15) is 5.26 Å². The van der Waals surface area contributed by atoms with Gasteiger partial charge in [0.05, 0.1) is 30.4 Å². The predicted octanol–water partition coefficient (Wildman–Crippen LogP) is 3.10. The number of H-pyrrole nitrogens is 1. The van der Waals surface area contributed by atoms with Gasteiger partial charge in [0, 0.05) is 30.6 Å². The summed E-state index contributed by atoms with van der Waals surface area (Å²) in [6.45, 7) is 0.637. The lowest BCUT2D eigenvalue weighted by Crippen LogP contribution is -2.25. The lowest BCUT2D eigenvalue weighted by Gasteiger charge is -2.23. The van der Waals surface area contributed by atoms with E-state index in [0.717, 1.165) is 22.7 Å². The molecule has 2 aromatic heterocycles. The maximum atomic E-state index is 9.22. The molecule has 1 atom stereocenters. The van der Waals surface area contributed by atoms with E-state index in [2.05, 4.69) is 33.3 Å². The van der Waals surface area contributed by atoms with E-state index < -0.39 is 0 Å². The Morgan fingerprint density at radius 2 is 2.25 bits per heavy atom. The third-order valence-electron chi connectivity index (χ3n) is 5.26. The van der Waals surface area contributed by atoms with Crippen molar-refractivity contribution in [1.29, 1.82) is 5.26 Å². The molecular weight excluding hydrogens is 300 g/mol. The van der Waals surface area contributed by atoms with Gasteiger partial charge in [-0.05, 0) is 24.8 Å². The number of rotatable bonds is 4. The topological polar surface area (TPSA) is 73.0 Å². The van der Waals surface area contributed by atoms with Gasteiger partial charge in [-0.25, -0.2) is 0 Å². The zero-order chi connectivity index (χ0) is 16.5. The van der Waals surface area contributed by atoms with Crippen LogP contribution >= 0.6 is 0 Å². The van der Waals surface area contributed by atoms with Gasteiger partial charge in [0.2, 0.25) is 0 Å². The second-order valence-corrected chi connectivity index (χ2v) is 6.77. The molecule has 6 nitrogen and oxygen atoms in total. The summed E-state index contributed by atoms with van der Waals surface area (Å²) in [7, 11) is 2.03. The van der Waals surface area contributed by atoms with Gasteiger partial charge < -0.3 is 9.88 Å². The zero-order valence-corrected chi connectivity index (χ0v) is 13.9. The highest BCUT2D eigenvalue weighted by molar-refractivity contribution is 6.16. The van der Waals surface area contributed by atoms with Crippen molar-refractivity contribution in [1.82, 2.24) is 14.8 Å². The van der Waals surface area contributed by atoms with Crippen molar-refractivity contribution in [3.05, 3.63) is 35.8 Å². The molecule has 0 radical (unpaired) electrons. The maximum Gasteiger partial charge on any atom is 0.116 e. The Morgan fingerprint density at radius 1 is 1.42 bits per heavy atom. The molecular formula is C18H22N6. The number of nitriles is 1. The highest BCUT2D eigenvalue weighted by Crippen LogP contribution is 2.36. The first kappa shape index (κ1) is 15.0. The Balaban J connectivity index is 1.64. The van der Waals surface area contributed by atoms with E-state index in [1.807, 2.05) is 24.1 Å². The quantitative estimate of drug-likeness (QED) is 0.940. The molecule has 0 spiro atoms. The lowest BCUT2D eigenvalue weighted by atomic mass is 9.96. The number of hydrogen-bond donors (Lipinski definition) is 1. The van der Waals surface area contributed by atoms with Gasteiger partial charge in [-0.3, -0.25) is 9.67 Å². The SMILES string of the molecule is CN1CN=C(c2cnn([C@H](CC#N)C3CCCC3)c2)c2cc[nH]c21. The van der Waals surface area contributed by atoms with Crippen LogP contribution in [0.25, 0.3) is 0 Å². The summed E-state index contributed by atoms with van der Waals surface area (Å²) in [5, 5.41) is 13.8. The standard InChI is InChI=1S/C18H22N6/c1-23-12-21-17(15-7-9-20-18(15)23)14-10-22-24(11-14)16(6-8-19)13-4-2-3-5-13/h7,9-11,13,16,20H,2-6,12H2,1H3/t16-/m1/s1. The molecule has 3 heterocycles. The molecule has 6 heteroatoms. The molecule has 1 aliphatic heterocycles. The minimum Gasteiger partial charge on any atom is -0.348 e. The Morgan fingerprint density at radius 3 is 3.04 bits per heavy atom. The fourth-order valence-electron chi connectivity index (χ4n) is 4.00. The van der Waals surface area contributed by atoms with Gasteiger partial charge in [-0.2, -0.15) is 10.4 Å². The van der Waals surface area contributed by atoms with Gasteiger partial charge in [-0.1, -0.05) is 12.8 Å². The molecule has 0 unspecified atom stereocenters. The van der Waals surface area contributed by atoms with Gasteiger partial charge in [-0.15, -0.1) is 0 Å². The van der Waals surface area contributed by atoms with Crippen molar-refractivity contribution in [2.75, 3.05) is 18.6 Å². The lowest BCUT2D eigenvalue weighted by molar-refractivity contribution is 0.314. The number of nitrogens with zero attached hydrogens (tertiary/aromatic N) is 5. The fraction of sp³-hybridized carbons (Fsp3) is 0.500. The highest BCUT2D eigenvalue weighted by atomic mass is 15.3. The summed E-state index contributed by atoms with van der Waals surface area (Å²) in [5.41, 5.74) is 3.13. The first-order valence-electron chi connectivity index (χ1n) is 8.62. The summed E-state index contributed by atoms with van der Waals surface area (Å²) < 4.78 is 2.00. The molecule has 4 rings (SSSR count). The van der Waals surface area contributed by atoms with Crippen LogP contribution in [-0.4, -0.2) is 34.2 Å². The summed E-state index contributed by atoms with van der Waals surface area (Å²) in [6.07, 6.45) is 11.4. The third kappa shape index (κ3) is 2.50. The molecule has 1 aliphatic carbocycles. The fourth-order valence-corrected chi connectivity index (χ4v) is 4.00. The molecule has 2 aliphatic rings. The van der Waals surface area contributed by atoms with Crippen LogP contribution in [0.3, 0.4) is 0 Å². The maximum absolute atomic E-state index is 9.22. The second kappa shape index (κ2) is 6.16. The van der Waals surface area contributed by atoms with Gasteiger partial charge in [0.25, 0.3) is 0 Å². The second-order valence-electron chi connectivity index (χ2n) is 6.77. The molecule has 0 saturated heterocycles. The molecule has 24 heavy (non-hydrogen) atoms. The van der Waals surface area contributed by atoms with Crippen LogP contribution in [0.2, 0.25) is 0 Å². The molecule has 0 aromatic carbocycles. The molecule has 1 saturated carbocycles. The predicted molar refractivity (Wildman–Crippen MR) is 93.2 cm³/mol. The van der Waals surface area contributed by atoms with Crippen molar-refractivity contribution in [3.63, 3.8) is 0 Å². The third-order valence-corrected chi connectivity index (χ3v) is 5.26. The van der Waals surface area contributed by atoms with Gasteiger partial charge >= 0.3 is 0 Å². The van der Waals surface area contributed by atoms with E-state index in [0.29, 0.717) is 19.0 Å². The van der Waals surface area contributed by atoms with Crippen LogP contribution in [0.5, 0.6) is 0 Å². The molecule has 1 N–H and O–H groups in total. The number of aliphatic imine (C=N–C) groups is 1. The molecule has 2 aromatic rings. The minimum atomic E-state index is 0.184. The van der Waals surface area contributed by atoms with Gasteiger partial charge in [0.1, 0.15) is 12.5 Å². The van der Waals surface area contributed by atoms with E-state index >= 15 is 0 Å². The summed E-state index contributed by atoms with van der Waals surface area (Å²) in [5.74, 6) is 1.66. The first-order chi connectivity index (χ1) is 11.8. The highest BCUT2D eigenvalue weighted by Gasteiger charge is 2.28. The number of hydrogen-bond acceptors (Lipinski definition) is 4. The van der Waals surface area contributed by atoms with Crippen LogP contribution in [-0.2, 0) is 0 Å². The Bertz CT molecular complexity index is 787. The number of nitrogens with one attached hydrogen (secondary N) is 1. The van der Waals surface area contributed by atoms with Crippen LogP contribution in [0.1, 0.15) is 49.3 Å². The van der Waals surface area contributed by atoms with E-state index in [4.69, 9.17) is 4.99 Å². The smallest absolute Gasteiger partial charge is 0.116 e. The van der Waals surface area contributed by atoms with Crippen molar-refractivity contribution >= 4 is 11.5 Å². The first-order valence-corrected chi connectivity index (χ1v) is 8.62. The van der Waals surface area contributed by atoms with Crippen LogP contribution in [0, 0.1) is 17.2 Å². The summed E-state index contributed by atoms with van der Waals surface area (Å²) in [6, 6.07) is 4.59. The molecule has 0 bridgehead atoms. The van der Waals surface area contributed by atoms with Crippen LogP contribution in [0.4, 0.5) is 5.82 Å². The Hall–Kier alpha value is -2.55. The molecule has 0 amide bonds. The van der Waals surface area contributed by atoms with Gasteiger partial charge in [0.15, 0.2) is 0 Å².